The van der Waals surface area contributed by atoms with Gasteiger partial charge in [-0.15, -0.1) is 0 Å². The van der Waals surface area contributed by atoms with Gasteiger partial charge in [0.1, 0.15) is 11.9 Å². The molecule has 1 unspecified atom stereocenters. The largest absolute Gasteiger partial charge is 0.484 e. The number of nitrogens with one attached hydrogen (secondary N) is 1. The summed E-state index contributed by atoms with van der Waals surface area (Å²) in [7, 11) is 1.85. The van der Waals surface area contributed by atoms with Crippen molar-refractivity contribution in [3.8, 4) is 16.9 Å². The molecule has 1 atom stereocenters. The number of aromatic nitrogens is 1. The summed E-state index contributed by atoms with van der Waals surface area (Å²) in [6.45, 7) is 2.32. The third kappa shape index (κ3) is 3.84. The summed E-state index contributed by atoms with van der Waals surface area (Å²) in [6, 6.07) is 15.4. The van der Waals surface area contributed by atoms with Crippen LogP contribution in [0.2, 0.25) is 0 Å². The highest BCUT2D eigenvalue weighted by molar-refractivity contribution is 5.96. The second-order valence-corrected chi connectivity index (χ2v) is 8.46. The number of pyridine rings is 1. The lowest BCUT2D eigenvalue weighted by Gasteiger charge is -2.26. The molecule has 5 rings (SSSR count). The number of fused-ring (bicyclic) bond motifs is 3. The van der Waals surface area contributed by atoms with Crippen molar-refractivity contribution in [1.82, 2.24) is 15.2 Å². The minimum atomic E-state index is -0.166. The zero-order valence-electron chi connectivity index (χ0n) is 18.2. The number of nitrogens with zero attached hydrogens (tertiary/aromatic N) is 2. The molecule has 162 valence electrons. The van der Waals surface area contributed by atoms with Gasteiger partial charge in [-0.1, -0.05) is 18.2 Å². The van der Waals surface area contributed by atoms with E-state index in [-0.39, 0.29) is 17.9 Å². The van der Waals surface area contributed by atoms with Crippen LogP contribution in [0, 0.1) is 0 Å². The van der Waals surface area contributed by atoms with Gasteiger partial charge in [0.2, 0.25) is 0 Å². The number of hydrogen-bond donors (Lipinski definition) is 1. The minimum absolute atomic E-state index is 0.0276. The van der Waals surface area contributed by atoms with Gasteiger partial charge in [-0.2, -0.15) is 0 Å². The van der Waals surface area contributed by atoms with Gasteiger partial charge in [-0.05, 0) is 61.2 Å². The summed E-state index contributed by atoms with van der Waals surface area (Å²) in [4.78, 5) is 31.4. The average Bonchev–Trinajstić information content (AvgIpc) is 3.67. The summed E-state index contributed by atoms with van der Waals surface area (Å²) in [5.41, 5.74) is 5.15. The number of carbonyl (C=O) groups is 2. The van der Waals surface area contributed by atoms with Gasteiger partial charge < -0.3 is 15.0 Å². The molecule has 2 aromatic carbocycles. The fraction of sp³-hybridized carbons (Fsp3) is 0.269. The highest BCUT2D eigenvalue weighted by atomic mass is 16.5. The van der Waals surface area contributed by atoms with Crippen LogP contribution in [0.15, 0.2) is 60.9 Å². The summed E-state index contributed by atoms with van der Waals surface area (Å²) in [5.74, 6) is 0.624. The van der Waals surface area contributed by atoms with Crippen molar-refractivity contribution in [2.24, 2.45) is 0 Å². The van der Waals surface area contributed by atoms with E-state index in [0.29, 0.717) is 23.7 Å². The minimum Gasteiger partial charge on any atom is -0.484 e. The van der Waals surface area contributed by atoms with Gasteiger partial charge in [-0.3, -0.25) is 14.6 Å². The topological polar surface area (TPSA) is 71.5 Å². The molecule has 6 heteroatoms. The summed E-state index contributed by atoms with van der Waals surface area (Å²) in [5, 5.41) is 2.97. The van der Waals surface area contributed by atoms with Crippen LogP contribution in [-0.2, 0) is 6.54 Å². The maximum Gasteiger partial charge on any atom is 0.253 e. The van der Waals surface area contributed by atoms with E-state index in [9.17, 15) is 9.59 Å². The van der Waals surface area contributed by atoms with Crippen LogP contribution < -0.4 is 10.1 Å². The molecule has 1 aliphatic heterocycles. The van der Waals surface area contributed by atoms with Gasteiger partial charge in [0.15, 0.2) is 0 Å². The number of benzene rings is 2. The predicted molar refractivity (Wildman–Crippen MR) is 121 cm³/mol. The first-order valence-electron chi connectivity index (χ1n) is 10.9. The highest BCUT2D eigenvalue weighted by Crippen LogP contribution is 2.41. The highest BCUT2D eigenvalue weighted by Gasteiger charge is 2.30. The molecule has 2 amide bonds. The zero-order chi connectivity index (χ0) is 22.2. The number of amides is 2. The standard InChI is InChI=1S/C26H25N3O3/c1-16-23-13-18(6-9-21(23)22-10-11-27-15-24(22)32-16)25(30)28-14-17-4-3-5-19(12-17)26(31)29(2)20-7-8-20/h3-6,9-13,15-16,20H,7-8,14H2,1-2H3,(H,28,30). The molecule has 1 saturated carbocycles. The lowest BCUT2D eigenvalue weighted by Crippen LogP contribution is -2.29. The van der Waals surface area contributed by atoms with E-state index >= 15 is 0 Å². The third-order valence-corrected chi connectivity index (χ3v) is 6.17. The average molecular weight is 428 g/mol. The van der Waals surface area contributed by atoms with Crippen molar-refractivity contribution in [3.63, 3.8) is 0 Å². The molecular formula is C26H25N3O3. The van der Waals surface area contributed by atoms with Crippen LogP contribution in [-0.4, -0.2) is 34.8 Å². The van der Waals surface area contributed by atoms with Crippen LogP contribution in [0.1, 0.15) is 57.7 Å². The van der Waals surface area contributed by atoms with E-state index in [0.717, 1.165) is 40.8 Å². The van der Waals surface area contributed by atoms with E-state index in [4.69, 9.17) is 4.74 Å². The van der Waals surface area contributed by atoms with Crippen LogP contribution >= 0.6 is 0 Å². The van der Waals surface area contributed by atoms with Crippen molar-refractivity contribution in [2.45, 2.75) is 38.5 Å². The first kappa shape index (κ1) is 20.2. The van der Waals surface area contributed by atoms with Crippen LogP contribution in [0.25, 0.3) is 11.1 Å². The van der Waals surface area contributed by atoms with Gasteiger partial charge in [0, 0.05) is 48.1 Å². The SMILES string of the molecule is CC1Oc2cnccc2-c2ccc(C(=O)NCc3cccc(C(=O)N(C)C4CC4)c3)cc21. The molecule has 0 bridgehead atoms. The first-order chi connectivity index (χ1) is 15.5. The van der Waals surface area contributed by atoms with Crippen LogP contribution in [0.5, 0.6) is 5.75 Å². The summed E-state index contributed by atoms with van der Waals surface area (Å²) < 4.78 is 5.97. The van der Waals surface area contributed by atoms with Gasteiger partial charge >= 0.3 is 0 Å². The lowest BCUT2D eigenvalue weighted by molar-refractivity contribution is 0.0785. The maximum absolute atomic E-state index is 12.8. The molecule has 32 heavy (non-hydrogen) atoms. The Balaban J connectivity index is 1.30. The fourth-order valence-corrected chi connectivity index (χ4v) is 4.17. The molecule has 3 aromatic rings. The summed E-state index contributed by atoms with van der Waals surface area (Å²) >= 11 is 0. The van der Waals surface area contributed by atoms with Crippen molar-refractivity contribution >= 4 is 11.8 Å². The smallest absolute Gasteiger partial charge is 0.253 e. The van der Waals surface area contributed by atoms with E-state index < -0.39 is 0 Å². The van der Waals surface area contributed by atoms with Gasteiger partial charge in [-0.25, -0.2) is 0 Å². The molecule has 0 spiro atoms. The Kier molecular flexibility index (Phi) is 5.13. The number of ether oxygens (including phenoxy) is 1. The van der Waals surface area contributed by atoms with Crippen molar-refractivity contribution in [3.05, 3.63) is 83.2 Å². The molecular weight excluding hydrogens is 402 g/mol. The molecule has 0 saturated heterocycles. The molecule has 1 fully saturated rings. The fourth-order valence-electron chi connectivity index (χ4n) is 4.17. The second kappa shape index (κ2) is 8.11. The van der Waals surface area contributed by atoms with E-state index in [1.54, 1.807) is 12.4 Å². The normalized spacial score (nSPS) is 16.4. The monoisotopic (exact) mass is 427 g/mol. The Morgan fingerprint density at radius 1 is 1.09 bits per heavy atom. The number of rotatable bonds is 5. The molecule has 2 heterocycles. The van der Waals surface area contributed by atoms with Gasteiger partial charge in [0.25, 0.3) is 11.8 Å². The quantitative estimate of drug-likeness (QED) is 0.657. The number of hydrogen-bond acceptors (Lipinski definition) is 4. The Hall–Kier alpha value is -3.67. The molecule has 2 aliphatic rings. The molecule has 1 aliphatic carbocycles. The Morgan fingerprint density at radius 2 is 1.94 bits per heavy atom. The molecule has 1 aromatic heterocycles. The van der Waals surface area contributed by atoms with Crippen molar-refractivity contribution < 1.29 is 14.3 Å². The van der Waals surface area contributed by atoms with Crippen LogP contribution in [0.3, 0.4) is 0 Å². The molecule has 6 nitrogen and oxygen atoms in total. The van der Waals surface area contributed by atoms with Crippen molar-refractivity contribution in [1.29, 1.82) is 0 Å². The third-order valence-electron chi connectivity index (χ3n) is 6.17. The molecule has 1 N–H and O–H groups in total. The Morgan fingerprint density at radius 3 is 2.75 bits per heavy atom. The van der Waals surface area contributed by atoms with Gasteiger partial charge in [0.05, 0.1) is 6.20 Å². The van der Waals surface area contributed by atoms with E-state index in [1.165, 1.54) is 0 Å². The summed E-state index contributed by atoms with van der Waals surface area (Å²) in [6.07, 6.45) is 5.44. The van der Waals surface area contributed by atoms with Crippen molar-refractivity contribution in [2.75, 3.05) is 7.05 Å². The second-order valence-electron chi connectivity index (χ2n) is 8.46. The predicted octanol–water partition coefficient (Wildman–Crippen LogP) is 4.37. The molecule has 0 radical (unpaired) electrons. The zero-order valence-corrected chi connectivity index (χ0v) is 18.2. The van der Waals surface area contributed by atoms with E-state index in [1.807, 2.05) is 67.4 Å². The lowest BCUT2D eigenvalue weighted by atomic mass is 9.92. The Bertz CT molecular complexity index is 1200. The number of carbonyl (C=O) groups excluding carboxylic acids is 2. The van der Waals surface area contributed by atoms with Crippen LogP contribution in [0.4, 0.5) is 0 Å². The Labute approximate surface area is 187 Å². The maximum atomic E-state index is 12.8. The van der Waals surface area contributed by atoms with E-state index in [2.05, 4.69) is 10.3 Å². The first-order valence-corrected chi connectivity index (χ1v) is 10.9.